The van der Waals surface area contributed by atoms with Crippen LogP contribution >= 0.6 is 0 Å². The second kappa shape index (κ2) is 7.17. The van der Waals surface area contributed by atoms with Crippen LogP contribution < -0.4 is 10.6 Å². The van der Waals surface area contributed by atoms with Crippen molar-refractivity contribution in [2.75, 3.05) is 18.0 Å². The standard InChI is InChI=1S/C20H22FN5O/c1-12-10-26(11-13(2)27-12)19-6-4-16(21)20(25-19)17-5-3-14-9-23-15(8-22)7-18(14)24-17/h3-7,9,12-13H,8,10-11,22H2,1-2H3/t12-,13+. The Morgan fingerprint density at radius 2 is 1.93 bits per heavy atom. The van der Waals surface area contributed by atoms with Crippen molar-refractivity contribution in [2.45, 2.75) is 32.6 Å². The molecular weight excluding hydrogens is 345 g/mol. The summed E-state index contributed by atoms with van der Waals surface area (Å²) in [4.78, 5) is 15.6. The van der Waals surface area contributed by atoms with Gasteiger partial charge in [-0.1, -0.05) is 0 Å². The second-order valence-corrected chi connectivity index (χ2v) is 6.93. The number of hydrogen-bond donors (Lipinski definition) is 1. The Hall–Kier alpha value is -2.64. The smallest absolute Gasteiger partial charge is 0.151 e. The summed E-state index contributed by atoms with van der Waals surface area (Å²) < 4.78 is 20.3. The van der Waals surface area contributed by atoms with Gasteiger partial charge in [0.1, 0.15) is 11.5 Å². The molecule has 0 aliphatic carbocycles. The van der Waals surface area contributed by atoms with Crippen LogP contribution in [0, 0.1) is 5.82 Å². The molecule has 0 unspecified atom stereocenters. The number of morpholine rings is 1. The van der Waals surface area contributed by atoms with Crippen LogP contribution in [0.1, 0.15) is 19.5 Å². The summed E-state index contributed by atoms with van der Waals surface area (Å²) in [6.45, 7) is 5.83. The van der Waals surface area contributed by atoms with Crippen molar-refractivity contribution in [1.29, 1.82) is 0 Å². The molecule has 4 rings (SSSR count). The number of pyridine rings is 3. The van der Waals surface area contributed by atoms with E-state index in [2.05, 4.69) is 19.9 Å². The van der Waals surface area contributed by atoms with Gasteiger partial charge in [0.25, 0.3) is 0 Å². The summed E-state index contributed by atoms with van der Waals surface area (Å²) in [5.41, 5.74) is 7.86. The van der Waals surface area contributed by atoms with E-state index in [-0.39, 0.29) is 17.9 Å². The van der Waals surface area contributed by atoms with Crippen LogP contribution in [0.2, 0.25) is 0 Å². The Morgan fingerprint density at radius 3 is 2.67 bits per heavy atom. The first-order chi connectivity index (χ1) is 13.0. The number of nitrogens with zero attached hydrogens (tertiary/aromatic N) is 4. The van der Waals surface area contributed by atoms with Gasteiger partial charge in [-0.25, -0.2) is 14.4 Å². The van der Waals surface area contributed by atoms with Crippen molar-refractivity contribution >= 4 is 16.7 Å². The van der Waals surface area contributed by atoms with E-state index in [0.29, 0.717) is 12.2 Å². The van der Waals surface area contributed by atoms with Gasteiger partial charge in [-0.2, -0.15) is 0 Å². The molecule has 140 valence electrons. The Morgan fingerprint density at radius 1 is 1.15 bits per heavy atom. The molecule has 0 saturated carbocycles. The van der Waals surface area contributed by atoms with Gasteiger partial charge in [0.15, 0.2) is 5.82 Å². The number of rotatable bonds is 3. The van der Waals surface area contributed by atoms with Gasteiger partial charge in [-0.3, -0.25) is 4.98 Å². The highest BCUT2D eigenvalue weighted by molar-refractivity contribution is 5.80. The summed E-state index contributed by atoms with van der Waals surface area (Å²) in [6, 6.07) is 8.63. The quantitative estimate of drug-likeness (QED) is 0.767. The summed E-state index contributed by atoms with van der Waals surface area (Å²) in [6.07, 6.45) is 1.93. The lowest BCUT2D eigenvalue weighted by atomic mass is 10.1. The third-order valence-corrected chi connectivity index (χ3v) is 4.66. The van der Waals surface area contributed by atoms with E-state index in [1.165, 1.54) is 6.07 Å². The SMILES string of the molecule is C[C@@H]1CN(c2ccc(F)c(-c3ccc4cnc(CN)cc4n3)n2)C[C@H](C)O1. The Balaban J connectivity index is 1.74. The number of aromatic nitrogens is 3. The zero-order chi connectivity index (χ0) is 19.0. The van der Waals surface area contributed by atoms with E-state index in [4.69, 9.17) is 10.5 Å². The van der Waals surface area contributed by atoms with Crippen molar-refractivity contribution in [3.05, 3.63) is 48.0 Å². The Kier molecular flexibility index (Phi) is 4.72. The first-order valence-corrected chi connectivity index (χ1v) is 9.06. The Bertz CT molecular complexity index is 970. The number of ether oxygens (including phenoxy) is 1. The minimum Gasteiger partial charge on any atom is -0.372 e. The van der Waals surface area contributed by atoms with Gasteiger partial charge in [-0.05, 0) is 44.2 Å². The fourth-order valence-electron chi connectivity index (χ4n) is 3.45. The molecule has 7 heteroatoms. The van der Waals surface area contributed by atoms with Crippen molar-refractivity contribution in [3.8, 4) is 11.4 Å². The van der Waals surface area contributed by atoms with E-state index in [1.54, 1.807) is 18.3 Å². The van der Waals surface area contributed by atoms with Gasteiger partial charge in [0.05, 0.1) is 29.1 Å². The number of anilines is 1. The highest BCUT2D eigenvalue weighted by Crippen LogP contribution is 2.26. The first-order valence-electron chi connectivity index (χ1n) is 9.06. The molecule has 6 nitrogen and oxygen atoms in total. The van der Waals surface area contributed by atoms with Gasteiger partial charge < -0.3 is 15.4 Å². The average Bonchev–Trinajstić information content (AvgIpc) is 2.66. The predicted octanol–water partition coefficient (Wildman–Crippen LogP) is 2.90. The maximum atomic E-state index is 14.5. The average molecular weight is 367 g/mol. The minimum absolute atomic E-state index is 0.102. The lowest BCUT2D eigenvalue weighted by molar-refractivity contribution is -0.00545. The molecule has 3 aromatic rings. The molecule has 1 fully saturated rings. The topological polar surface area (TPSA) is 77.2 Å². The van der Waals surface area contributed by atoms with E-state index in [0.717, 1.165) is 35.5 Å². The molecule has 0 aromatic carbocycles. The van der Waals surface area contributed by atoms with Gasteiger partial charge in [0.2, 0.25) is 0 Å². The van der Waals surface area contributed by atoms with Gasteiger partial charge in [-0.15, -0.1) is 0 Å². The van der Waals surface area contributed by atoms with E-state index >= 15 is 0 Å². The third-order valence-electron chi connectivity index (χ3n) is 4.66. The molecule has 2 atom stereocenters. The normalized spacial score (nSPS) is 20.2. The van der Waals surface area contributed by atoms with Crippen LogP contribution in [0.15, 0.2) is 36.5 Å². The minimum atomic E-state index is -0.395. The second-order valence-electron chi connectivity index (χ2n) is 6.93. The number of fused-ring (bicyclic) bond motifs is 1. The first kappa shape index (κ1) is 17.8. The monoisotopic (exact) mass is 367 g/mol. The van der Waals surface area contributed by atoms with Crippen molar-refractivity contribution in [2.24, 2.45) is 5.73 Å². The number of nitrogens with two attached hydrogens (primary N) is 1. The molecule has 1 saturated heterocycles. The lowest BCUT2D eigenvalue weighted by Crippen LogP contribution is -2.45. The zero-order valence-corrected chi connectivity index (χ0v) is 15.4. The van der Waals surface area contributed by atoms with Gasteiger partial charge in [0, 0.05) is 31.2 Å². The molecule has 1 aliphatic rings. The van der Waals surface area contributed by atoms with Crippen LogP contribution in [0.5, 0.6) is 0 Å². The van der Waals surface area contributed by atoms with E-state index < -0.39 is 5.82 Å². The number of hydrogen-bond acceptors (Lipinski definition) is 6. The van der Waals surface area contributed by atoms with Crippen molar-refractivity contribution < 1.29 is 9.13 Å². The molecule has 1 aliphatic heterocycles. The van der Waals surface area contributed by atoms with Gasteiger partial charge >= 0.3 is 0 Å². The molecule has 3 aromatic heterocycles. The molecular formula is C20H22FN5O. The summed E-state index contributed by atoms with van der Waals surface area (Å²) >= 11 is 0. The highest BCUT2D eigenvalue weighted by Gasteiger charge is 2.24. The maximum absolute atomic E-state index is 14.5. The third kappa shape index (κ3) is 3.61. The van der Waals surface area contributed by atoms with Crippen LogP contribution in [0.3, 0.4) is 0 Å². The summed E-state index contributed by atoms with van der Waals surface area (Å²) in [7, 11) is 0. The Labute approximate surface area is 157 Å². The fraction of sp³-hybridized carbons (Fsp3) is 0.350. The van der Waals surface area contributed by atoms with Crippen LogP contribution in [-0.2, 0) is 11.3 Å². The predicted molar refractivity (Wildman–Crippen MR) is 103 cm³/mol. The molecule has 2 N–H and O–H groups in total. The van der Waals surface area contributed by atoms with Crippen LogP contribution in [-0.4, -0.2) is 40.2 Å². The molecule has 0 spiro atoms. The fourth-order valence-corrected chi connectivity index (χ4v) is 3.45. The zero-order valence-electron chi connectivity index (χ0n) is 15.4. The lowest BCUT2D eigenvalue weighted by Gasteiger charge is -2.36. The molecule has 0 radical (unpaired) electrons. The van der Waals surface area contributed by atoms with E-state index in [9.17, 15) is 4.39 Å². The summed E-state index contributed by atoms with van der Waals surface area (Å²) in [5, 5.41) is 0.878. The highest BCUT2D eigenvalue weighted by atomic mass is 19.1. The number of halogens is 1. The van der Waals surface area contributed by atoms with Crippen molar-refractivity contribution in [1.82, 2.24) is 15.0 Å². The van der Waals surface area contributed by atoms with Crippen molar-refractivity contribution in [3.63, 3.8) is 0 Å². The molecule has 0 amide bonds. The largest absolute Gasteiger partial charge is 0.372 e. The summed E-state index contributed by atoms with van der Waals surface area (Å²) in [5.74, 6) is 0.334. The molecule has 27 heavy (non-hydrogen) atoms. The molecule has 0 bridgehead atoms. The van der Waals surface area contributed by atoms with E-state index in [1.807, 2.05) is 26.0 Å². The van der Waals surface area contributed by atoms with Crippen LogP contribution in [0.4, 0.5) is 10.2 Å². The molecule has 4 heterocycles. The van der Waals surface area contributed by atoms with Crippen LogP contribution in [0.25, 0.3) is 22.3 Å². The maximum Gasteiger partial charge on any atom is 0.151 e.